The maximum Gasteiger partial charge on any atom is 0.251 e. The van der Waals surface area contributed by atoms with Gasteiger partial charge in [-0.1, -0.05) is 18.2 Å². The summed E-state index contributed by atoms with van der Waals surface area (Å²) in [6.07, 6.45) is 0. The van der Waals surface area contributed by atoms with E-state index in [1.165, 1.54) is 20.3 Å². The number of carbonyl (C=O) groups excluding carboxylic acids is 1. The zero-order valence-electron chi connectivity index (χ0n) is 12.8. The first-order valence-corrected chi connectivity index (χ1v) is 6.81. The first-order valence-electron chi connectivity index (χ1n) is 6.81. The van der Waals surface area contributed by atoms with Gasteiger partial charge in [-0.3, -0.25) is 4.79 Å². The van der Waals surface area contributed by atoms with Crippen LogP contribution in [0, 0.1) is 12.7 Å². The van der Waals surface area contributed by atoms with Gasteiger partial charge in [-0.25, -0.2) is 4.39 Å². The largest absolute Gasteiger partial charge is 0.496 e. The molecule has 0 heterocycles. The van der Waals surface area contributed by atoms with Gasteiger partial charge in [0.15, 0.2) is 0 Å². The number of hydrogen-bond donors (Lipinski definition) is 1. The van der Waals surface area contributed by atoms with E-state index in [1.54, 1.807) is 30.3 Å². The SMILES string of the molecule is COc1cc(C(=O)NCc2ccccc2F)cc(OC)c1C. The van der Waals surface area contributed by atoms with Crippen molar-refractivity contribution < 1.29 is 18.7 Å². The molecule has 0 saturated carbocycles. The number of carbonyl (C=O) groups is 1. The molecule has 0 saturated heterocycles. The summed E-state index contributed by atoms with van der Waals surface area (Å²) in [6, 6.07) is 9.59. The smallest absolute Gasteiger partial charge is 0.251 e. The Hall–Kier alpha value is -2.56. The van der Waals surface area contributed by atoms with Crippen LogP contribution in [0.2, 0.25) is 0 Å². The molecule has 1 N–H and O–H groups in total. The van der Waals surface area contributed by atoms with E-state index < -0.39 is 0 Å². The predicted octanol–water partition coefficient (Wildman–Crippen LogP) is 3.08. The quantitative estimate of drug-likeness (QED) is 0.923. The molecule has 2 rings (SSSR count). The van der Waals surface area contributed by atoms with E-state index in [1.807, 2.05) is 6.92 Å². The molecule has 0 aliphatic heterocycles. The van der Waals surface area contributed by atoms with Gasteiger partial charge in [-0.05, 0) is 25.1 Å². The molecule has 2 aromatic carbocycles. The lowest BCUT2D eigenvalue weighted by Crippen LogP contribution is -2.23. The Morgan fingerprint density at radius 2 is 1.73 bits per heavy atom. The zero-order chi connectivity index (χ0) is 16.1. The van der Waals surface area contributed by atoms with Crippen molar-refractivity contribution in [2.45, 2.75) is 13.5 Å². The van der Waals surface area contributed by atoms with Gasteiger partial charge in [0, 0.05) is 23.2 Å². The van der Waals surface area contributed by atoms with Gasteiger partial charge in [0.05, 0.1) is 14.2 Å². The van der Waals surface area contributed by atoms with Crippen LogP contribution < -0.4 is 14.8 Å². The van der Waals surface area contributed by atoms with E-state index in [-0.39, 0.29) is 18.3 Å². The van der Waals surface area contributed by atoms with Crippen LogP contribution in [0.15, 0.2) is 36.4 Å². The topological polar surface area (TPSA) is 47.6 Å². The zero-order valence-corrected chi connectivity index (χ0v) is 12.8. The summed E-state index contributed by atoms with van der Waals surface area (Å²) in [4.78, 5) is 12.2. The molecule has 2 aromatic rings. The van der Waals surface area contributed by atoms with Gasteiger partial charge in [-0.15, -0.1) is 0 Å². The minimum atomic E-state index is -0.345. The fourth-order valence-electron chi connectivity index (χ4n) is 2.14. The van der Waals surface area contributed by atoms with Crippen molar-refractivity contribution in [3.63, 3.8) is 0 Å². The number of nitrogens with one attached hydrogen (secondary N) is 1. The molecule has 0 radical (unpaired) electrons. The molecular formula is C17H18FNO3. The maximum absolute atomic E-state index is 13.5. The van der Waals surface area contributed by atoms with E-state index in [0.29, 0.717) is 22.6 Å². The van der Waals surface area contributed by atoms with E-state index >= 15 is 0 Å². The fourth-order valence-corrected chi connectivity index (χ4v) is 2.14. The molecular weight excluding hydrogens is 285 g/mol. The van der Waals surface area contributed by atoms with Crippen LogP contribution in [0.5, 0.6) is 11.5 Å². The molecule has 0 bridgehead atoms. The van der Waals surface area contributed by atoms with Crippen LogP contribution in [0.3, 0.4) is 0 Å². The summed E-state index contributed by atoms with van der Waals surface area (Å²) in [7, 11) is 3.06. The highest BCUT2D eigenvalue weighted by molar-refractivity contribution is 5.95. The normalized spacial score (nSPS) is 10.2. The van der Waals surface area contributed by atoms with Crippen LogP contribution in [0.1, 0.15) is 21.5 Å². The Bertz CT molecular complexity index is 660. The molecule has 1 amide bonds. The number of methoxy groups -OCH3 is 2. The Balaban J connectivity index is 2.18. The number of amides is 1. The van der Waals surface area contributed by atoms with Gasteiger partial charge >= 0.3 is 0 Å². The predicted molar refractivity (Wildman–Crippen MR) is 81.9 cm³/mol. The van der Waals surface area contributed by atoms with Crippen LogP contribution >= 0.6 is 0 Å². The van der Waals surface area contributed by atoms with Crippen molar-refractivity contribution in [1.82, 2.24) is 5.32 Å². The van der Waals surface area contributed by atoms with Crippen molar-refractivity contribution in [2.75, 3.05) is 14.2 Å². The van der Waals surface area contributed by atoms with Gasteiger partial charge in [0.25, 0.3) is 5.91 Å². The summed E-state index contributed by atoms with van der Waals surface area (Å²) in [5, 5.41) is 2.69. The Morgan fingerprint density at radius 1 is 1.14 bits per heavy atom. The van der Waals surface area contributed by atoms with E-state index in [9.17, 15) is 9.18 Å². The molecule has 0 aliphatic carbocycles. The molecule has 4 nitrogen and oxygen atoms in total. The highest BCUT2D eigenvalue weighted by Crippen LogP contribution is 2.29. The van der Waals surface area contributed by atoms with Crippen LogP contribution in [0.25, 0.3) is 0 Å². The number of halogens is 1. The summed E-state index contributed by atoms with van der Waals surface area (Å²) in [6.45, 7) is 1.96. The molecule has 0 aliphatic rings. The second-order valence-corrected chi connectivity index (χ2v) is 4.78. The lowest BCUT2D eigenvalue weighted by atomic mass is 10.1. The number of ether oxygens (including phenoxy) is 2. The number of hydrogen-bond acceptors (Lipinski definition) is 3. The summed E-state index contributed by atoms with van der Waals surface area (Å²) < 4.78 is 24.0. The Labute approximate surface area is 128 Å². The third kappa shape index (κ3) is 3.36. The summed E-state index contributed by atoms with van der Waals surface area (Å²) >= 11 is 0. The highest BCUT2D eigenvalue weighted by atomic mass is 19.1. The second-order valence-electron chi connectivity index (χ2n) is 4.78. The lowest BCUT2D eigenvalue weighted by Gasteiger charge is -2.13. The van der Waals surface area contributed by atoms with Gasteiger partial charge < -0.3 is 14.8 Å². The summed E-state index contributed by atoms with van der Waals surface area (Å²) in [5.41, 5.74) is 1.65. The first kappa shape index (κ1) is 15.8. The van der Waals surface area contributed by atoms with Crippen molar-refractivity contribution >= 4 is 5.91 Å². The number of rotatable bonds is 5. The molecule has 0 unspecified atom stereocenters. The number of benzene rings is 2. The van der Waals surface area contributed by atoms with Crippen molar-refractivity contribution in [1.29, 1.82) is 0 Å². The van der Waals surface area contributed by atoms with Crippen LogP contribution in [-0.2, 0) is 6.54 Å². The van der Waals surface area contributed by atoms with Crippen molar-refractivity contribution in [3.05, 3.63) is 58.9 Å². The molecule has 5 heteroatoms. The molecule has 0 spiro atoms. The van der Waals surface area contributed by atoms with Crippen molar-refractivity contribution in [3.8, 4) is 11.5 Å². The van der Waals surface area contributed by atoms with E-state index in [0.717, 1.165) is 5.56 Å². The van der Waals surface area contributed by atoms with Gasteiger partial charge in [0.1, 0.15) is 17.3 Å². The first-order chi connectivity index (χ1) is 10.6. The van der Waals surface area contributed by atoms with E-state index in [4.69, 9.17) is 9.47 Å². The van der Waals surface area contributed by atoms with E-state index in [2.05, 4.69) is 5.32 Å². The summed E-state index contributed by atoms with van der Waals surface area (Å²) in [5.74, 6) is 0.465. The molecule has 0 fully saturated rings. The molecule has 0 aromatic heterocycles. The Morgan fingerprint density at radius 3 is 2.27 bits per heavy atom. The third-order valence-electron chi connectivity index (χ3n) is 3.41. The minimum absolute atomic E-state index is 0.115. The molecule has 116 valence electrons. The average molecular weight is 303 g/mol. The van der Waals surface area contributed by atoms with Crippen LogP contribution in [-0.4, -0.2) is 20.1 Å². The van der Waals surface area contributed by atoms with Crippen LogP contribution in [0.4, 0.5) is 4.39 Å². The third-order valence-corrected chi connectivity index (χ3v) is 3.41. The monoisotopic (exact) mass is 303 g/mol. The maximum atomic E-state index is 13.5. The highest BCUT2D eigenvalue weighted by Gasteiger charge is 2.13. The average Bonchev–Trinajstić information content (AvgIpc) is 2.54. The fraction of sp³-hybridized carbons (Fsp3) is 0.235. The minimum Gasteiger partial charge on any atom is -0.496 e. The molecule has 22 heavy (non-hydrogen) atoms. The lowest BCUT2D eigenvalue weighted by molar-refractivity contribution is 0.0950. The van der Waals surface area contributed by atoms with Gasteiger partial charge in [0.2, 0.25) is 0 Å². The second kappa shape index (κ2) is 6.93. The Kier molecular flexibility index (Phi) is 4.99. The van der Waals surface area contributed by atoms with Gasteiger partial charge in [-0.2, -0.15) is 0 Å². The standard InChI is InChI=1S/C17H18FNO3/c1-11-15(21-2)8-13(9-16(11)22-3)17(20)19-10-12-6-4-5-7-14(12)18/h4-9H,10H2,1-3H3,(H,19,20). The van der Waals surface area contributed by atoms with Crippen molar-refractivity contribution in [2.24, 2.45) is 0 Å². The molecule has 0 atom stereocenters.